The molecule has 3 aromatic rings. The number of carbonyl (C=O) groups excluding carboxylic acids is 1. The second kappa shape index (κ2) is 8.65. The van der Waals surface area contributed by atoms with Crippen molar-refractivity contribution in [2.24, 2.45) is 0 Å². The Morgan fingerprint density at radius 2 is 1.89 bits per heavy atom. The molecule has 35 heavy (non-hydrogen) atoms. The molecule has 2 aliphatic heterocycles. The molecular weight excluding hydrogens is 466 g/mol. The number of aryl methyl sites for hydroxylation is 1. The van der Waals surface area contributed by atoms with Crippen LogP contribution in [0.1, 0.15) is 25.5 Å². The lowest BCUT2D eigenvalue weighted by atomic mass is 9.82. The van der Waals surface area contributed by atoms with E-state index in [0.717, 1.165) is 48.4 Å². The van der Waals surface area contributed by atoms with E-state index in [2.05, 4.69) is 21.1 Å². The highest BCUT2D eigenvalue weighted by atomic mass is 32.2. The monoisotopic (exact) mass is 495 g/mol. The Kier molecular flexibility index (Phi) is 5.76. The maximum Gasteiger partial charge on any atom is 0.317 e. The van der Waals surface area contributed by atoms with Crippen LogP contribution >= 0.6 is 0 Å². The van der Waals surface area contributed by atoms with Crippen molar-refractivity contribution in [2.45, 2.75) is 36.6 Å². The molecule has 4 N–H and O–H groups in total. The number of nitrogen functional groups attached to an aromatic ring is 1. The van der Waals surface area contributed by atoms with Gasteiger partial charge < -0.3 is 16.0 Å². The highest BCUT2D eigenvalue weighted by molar-refractivity contribution is 7.89. The molecule has 0 unspecified atom stereocenters. The van der Waals surface area contributed by atoms with E-state index in [9.17, 15) is 13.2 Å². The lowest BCUT2D eigenvalue weighted by Gasteiger charge is -2.23. The van der Waals surface area contributed by atoms with Crippen LogP contribution in [0, 0.1) is 0 Å². The summed E-state index contributed by atoms with van der Waals surface area (Å²) in [6.45, 7) is 4.78. The summed E-state index contributed by atoms with van der Waals surface area (Å²) >= 11 is 0. The summed E-state index contributed by atoms with van der Waals surface area (Å²) in [5, 5.41) is 7.74. The van der Waals surface area contributed by atoms with Crippen molar-refractivity contribution in [1.29, 1.82) is 0 Å². The van der Waals surface area contributed by atoms with Crippen LogP contribution in [-0.2, 0) is 22.0 Å². The summed E-state index contributed by atoms with van der Waals surface area (Å²) in [4.78, 5) is 18.8. The number of nitrogens with one attached hydrogen (secondary N) is 2. The van der Waals surface area contributed by atoms with E-state index in [-0.39, 0.29) is 16.3 Å². The molecular formula is C24H29N7O3S. The lowest BCUT2D eigenvalue weighted by molar-refractivity contribution is 0.206. The zero-order valence-corrected chi connectivity index (χ0v) is 20.6. The van der Waals surface area contributed by atoms with Gasteiger partial charge in [-0.05, 0) is 56.6 Å². The van der Waals surface area contributed by atoms with Crippen molar-refractivity contribution in [2.75, 3.05) is 32.4 Å². The molecule has 2 aliphatic rings. The number of aromatic nitrogens is 3. The Morgan fingerprint density at radius 3 is 2.60 bits per heavy atom. The molecule has 1 fully saturated rings. The van der Waals surface area contributed by atoms with Crippen LogP contribution in [0.5, 0.6) is 0 Å². The number of pyridine rings is 1. The van der Waals surface area contributed by atoms with E-state index in [4.69, 9.17) is 10.8 Å². The second-order valence-corrected chi connectivity index (χ2v) is 11.0. The SMILES string of the molecule is CCNC(=O)N1CC[C@@]2(CCn3nc(-c4cnc(N)c(-c5ccc(S(=O)(=O)NC)cc5)c4)cc32)C1. The number of hydrogen-bond donors (Lipinski definition) is 3. The van der Waals surface area contributed by atoms with Crippen molar-refractivity contribution in [1.82, 2.24) is 29.7 Å². The molecule has 184 valence electrons. The number of hydrogen-bond acceptors (Lipinski definition) is 6. The van der Waals surface area contributed by atoms with E-state index >= 15 is 0 Å². The quantitative estimate of drug-likeness (QED) is 0.497. The molecule has 0 radical (unpaired) electrons. The molecule has 1 aromatic carbocycles. The van der Waals surface area contributed by atoms with Gasteiger partial charge in [0, 0.05) is 54.6 Å². The minimum Gasteiger partial charge on any atom is -0.383 e. The van der Waals surface area contributed by atoms with Gasteiger partial charge in [-0.1, -0.05) is 12.1 Å². The predicted octanol–water partition coefficient (Wildman–Crippen LogP) is 2.18. The van der Waals surface area contributed by atoms with Crippen LogP contribution in [0.4, 0.5) is 10.6 Å². The first-order chi connectivity index (χ1) is 16.8. The van der Waals surface area contributed by atoms with Crippen LogP contribution in [0.2, 0.25) is 0 Å². The fourth-order valence-corrected chi connectivity index (χ4v) is 5.83. The smallest absolute Gasteiger partial charge is 0.317 e. The van der Waals surface area contributed by atoms with Gasteiger partial charge in [0.25, 0.3) is 0 Å². The van der Waals surface area contributed by atoms with E-state index < -0.39 is 10.0 Å². The maximum atomic E-state index is 12.4. The lowest BCUT2D eigenvalue weighted by Crippen LogP contribution is -2.40. The van der Waals surface area contributed by atoms with Gasteiger partial charge in [0.05, 0.1) is 10.6 Å². The number of sulfonamides is 1. The minimum absolute atomic E-state index is 0.0107. The largest absolute Gasteiger partial charge is 0.383 e. The number of fused-ring (bicyclic) bond motifs is 2. The van der Waals surface area contributed by atoms with Crippen molar-refractivity contribution in [3.8, 4) is 22.4 Å². The van der Waals surface area contributed by atoms with Crippen molar-refractivity contribution >= 4 is 21.9 Å². The van der Waals surface area contributed by atoms with Gasteiger partial charge >= 0.3 is 6.03 Å². The number of anilines is 1. The fraction of sp³-hybridized carbons (Fsp3) is 0.375. The topological polar surface area (TPSA) is 135 Å². The van der Waals surface area contributed by atoms with E-state index in [1.807, 2.05) is 22.6 Å². The third-order valence-corrected chi connectivity index (χ3v) is 8.48. The van der Waals surface area contributed by atoms with Crippen molar-refractivity contribution in [3.05, 3.63) is 48.3 Å². The third-order valence-electron chi connectivity index (χ3n) is 7.05. The standard InChI is InChI=1S/C24H29N7O3S/c1-3-27-23(32)30-10-8-24(15-30)9-11-31-21(24)13-20(29-31)17-12-19(22(25)28-14-17)16-4-6-18(7-5-16)35(33,34)26-2/h4-7,12-14,26H,3,8-11,15H2,1-2H3,(H2,25,28)(H,27,32)/t24-/m1/s1. The molecule has 11 heteroatoms. The number of benzene rings is 1. The summed E-state index contributed by atoms with van der Waals surface area (Å²) in [5.74, 6) is 0.356. The minimum atomic E-state index is -3.52. The highest BCUT2D eigenvalue weighted by Gasteiger charge is 2.46. The first kappa shape index (κ1) is 23.3. The van der Waals surface area contributed by atoms with Gasteiger partial charge in [-0.2, -0.15) is 5.10 Å². The van der Waals surface area contributed by atoms with Crippen LogP contribution in [0.25, 0.3) is 22.4 Å². The van der Waals surface area contributed by atoms with E-state index in [1.54, 1.807) is 30.5 Å². The van der Waals surface area contributed by atoms with Crippen LogP contribution in [-0.4, -0.2) is 60.8 Å². The van der Waals surface area contributed by atoms with Crippen molar-refractivity contribution in [3.63, 3.8) is 0 Å². The van der Waals surface area contributed by atoms with Crippen molar-refractivity contribution < 1.29 is 13.2 Å². The number of rotatable bonds is 5. The van der Waals surface area contributed by atoms with Gasteiger partial charge in [0.15, 0.2) is 0 Å². The van der Waals surface area contributed by atoms with E-state index in [0.29, 0.717) is 24.5 Å². The van der Waals surface area contributed by atoms with Crippen LogP contribution in [0.15, 0.2) is 47.5 Å². The first-order valence-electron chi connectivity index (χ1n) is 11.7. The van der Waals surface area contributed by atoms with Crippen LogP contribution < -0.4 is 15.8 Å². The first-order valence-corrected chi connectivity index (χ1v) is 13.2. The third kappa shape index (κ3) is 4.04. The molecule has 1 atom stereocenters. The molecule has 2 amide bonds. The number of carbonyl (C=O) groups is 1. The summed E-state index contributed by atoms with van der Waals surface area (Å²) in [6.07, 6.45) is 3.60. The molecule has 2 aromatic heterocycles. The molecule has 1 saturated heterocycles. The maximum absolute atomic E-state index is 12.4. The Balaban J connectivity index is 1.44. The molecule has 1 spiro atoms. The Morgan fingerprint density at radius 1 is 1.14 bits per heavy atom. The number of urea groups is 1. The molecule has 10 nitrogen and oxygen atoms in total. The second-order valence-electron chi connectivity index (χ2n) is 9.06. The number of amides is 2. The summed E-state index contributed by atoms with van der Waals surface area (Å²) < 4.78 is 28.4. The summed E-state index contributed by atoms with van der Waals surface area (Å²) in [5.41, 5.74) is 10.4. The number of nitrogens with zero attached hydrogens (tertiary/aromatic N) is 4. The normalized spacial score (nSPS) is 19.3. The summed E-state index contributed by atoms with van der Waals surface area (Å²) in [6, 6.07) is 10.6. The summed E-state index contributed by atoms with van der Waals surface area (Å²) in [7, 11) is -2.14. The predicted molar refractivity (Wildman–Crippen MR) is 133 cm³/mol. The van der Waals surface area contributed by atoms with Gasteiger partial charge in [0.2, 0.25) is 10.0 Å². The molecule has 5 rings (SSSR count). The average Bonchev–Trinajstić information content (AvgIpc) is 3.57. The van der Waals surface area contributed by atoms with Gasteiger partial charge in [-0.15, -0.1) is 0 Å². The Bertz CT molecular complexity index is 1380. The van der Waals surface area contributed by atoms with Crippen LogP contribution in [0.3, 0.4) is 0 Å². The molecule has 0 aliphatic carbocycles. The zero-order chi connectivity index (χ0) is 24.8. The number of likely N-dealkylation sites (tertiary alicyclic amines) is 1. The molecule has 4 heterocycles. The Hall–Kier alpha value is -3.44. The molecule has 0 saturated carbocycles. The Labute approximate surface area is 204 Å². The van der Waals surface area contributed by atoms with E-state index in [1.165, 1.54) is 7.05 Å². The van der Waals surface area contributed by atoms with Gasteiger partial charge in [-0.3, -0.25) is 4.68 Å². The zero-order valence-electron chi connectivity index (χ0n) is 19.8. The fourth-order valence-electron chi connectivity index (χ4n) is 5.10. The highest BCUT2D eigenvalue weighted by Crippen LogP contribution is 2.44. The van der Waals surface area contributed by atoms with Gasteiger partial charge in [-0.25, -0.2) is 22.9 Å². The number of nitrogens with two attached hydrogens (primary N) is 1. The molecule has 0 bridgehead atoms. The van der Waals surface area contributed by atoms with Gasteiger partial charge in [0.1, 0.15) is 5.82 Å². The average molecular weight is 496 g/mol.